The quantitative estimate of drug-likeness (QED) is 0.469. The van der Waals surface area contributed by atoms with Crippen LogP contribution in [0.2, 0.25) is 0 Å². The fourth-order valence-electron chi connectivity index (χ4n) is 2.59. The molecule has 27 heavy (non-hydrogen) atoms. The SMILES string of the molecule is CC#CN(C)c1cc(C(=O)O)cc(-c2ccc(OC(F)(F)F)cc2F)c1C. The zero-order valence-corrected chi connectivity index (χ0v) is 14.6. The molecule has 0 aromatic heterocycles. The van der Waals surface area contributed by atoms with Gasteiger partial charge in [-0.25, -0.2) is 9.18 Å². The molecule has 2 aromatic rings. The number of anilines is 1. The number of carboxylic acids is 1. The highest BCUT2D eigenvalue weighted by molar-refractivity contribution is 5.93. The first-order valence-electron chi connectivity index (χ1n) is 7.63. The Morgan fingerprint density at radius 1 is 1.19 bits per heavy atom. The lowest BCUT2D eigenvalue weighted by atomic mass is 9.95. The number of hydrogen-bond acceptors (Lipinski definition) is 3. The van der Waals surface area contributed by atoms with Crippen molar-refractivity contribution < 1.29 is 32.2 Å². The summed E-state index contributed by atoms with van der Waals surface area (Å²) < 4.78 is 55.0. The Balaban J connectivity index is 2.63. The first kappa shape index (κ1) is 20.1. The molecule has 1 N–H and O–H groups in total. The molecule has 2 aromatic carbocycles. The van der Waals surface area contributed by atoms with Crippen molar-refractivity contribution in [1.29, 1.82) is 0 Å². The average molecular weight is 381 g/mol. The minimum atomic E-state index is -4.94. The third-order valence-electron chi connectivity index (χ3n) is 3.73. The Morgan fingerprint density at radius 3 is 2.37 bits per heavy atom. The zero-order chi connectivity index (χ0) is 20.4. The Morgan fingerprint density at radius 2 is 1.85 bits per heavy atom. The third kappa shape index (κ3) is 4.70. The summed E-state index contributed by atoms with van der Waals surface area (Å²) in [4.78, 5) is 12.9. The van der Waals surface area contributed by atoms with Crippen LogP contribution in [0.1, 0.15) is 22.8 Å². The molecule has 0 saturated heterocycles. The fourth-order valence-corrected chi connectivity index (χ4v) is 2.59. The minimum absolute atomic E-state index is 0.0516. The van der Waals surface area contributed by atoms with Crippen molar-refractivity contribution in [2.75, 3.05) is 11.9 Å². The number of nitrogens with zero attached hydrogens (tertiary/aromatic N) is 1. The molecule has 0 fully saturated rings. The predicted octanol–water partition coefficient (Wildman–Crippen LogP) is 4.81. The van der Waals surface area contributed by atoms with Gasteiger partial charge >= 0.3 is 12.3 Å². The Kier molecular flexibility index (Phi) is 5.64. The van der Waals surface area contributed by atoms with Crippen molar-refractivity contribution in [1.82, 2.24) is 0 Å². The largest absolute Gasteiger partial charge is 0.573 e. The van der Waals surface area contributed by atoms with Gasteiger partial charge in [0.1, 0.15) is 11.6 Å². The van der Waals surface area contributed by atoms with Crippen molar-refractivity contribution in [3.8, 4) is 28.8 Å². The van der Waals surface area contributed by atoms with Crippen LogP contribution in [0.5, 0.6) is 5.75 Å². The molecule has 0 bridgehead atoms. The second-order valence-electron chi connectivity index (χ2n) is 5.58. The molecule has 2 rings (SSSR count). The lowest BCUT2D eigenvalue weighted by Gasteiger charge is -2.19. The number of benzene rings is 2. The molecular weight excluding hydrogens is 366 g/mol. The molecule has 0 heterocycles. The van der Waals surface area contributed by atoms with Gasteiger partial charge in [0.05, 0.1) is 11.3 Å². The summed E-state index contributed by atoms with van der Waals surface area (Å²) in [6.45, 7) is 3.25. The Labute approximate surface area is 153 Å². The van der Waals surface area contributed by atoms with E-state index in [1.807, 2.05) is 0 Å². The van der Waals surface area contributed by atoms with E-state index < -0.39 is 23.9 Å². The van der Waals surface area contributed by atoms with Crippen molar-refractivity contribution in [2.24, 2.45) is 0 Å². The van der Waals surface area contributed by atoms with Crippen LogP contribution in [0.15, 0.2) is 30.3 Å². The number of carboxylic acid groups (broad SMARTS) is 1. The minimum Gasteiger partial charge on any atom is -0.478 e. The van der Waals surface area contributed by atoms with Crippen LogP contribution in [0.4, 0.5) is 23.2 Å². The molecule has 0 amide bonds. The van der Waals surface area contributed by atoms with Crippen LogP contribution >= 0.6 is 0 Å². The van der Waals surface area contributed by atoms with Crippen molar-refractivity contribution >= 4 is 11.7 Å². The van der Waals surface area contributed by atoms with Gasteiger partial charge in [-0.15, -0.1) is 13.2 Å². The summed E-state index contributed by atoms with van der Waals surface area (Å²) in [6.07, 6.45) is -4.94. The number of carbonyl (C=O) groups is 1. The van der Waals surface area contributed by atoms with Gasteiger partial charge in [0.25, 0.3) is 0 Å². The predicted molar refractivity (Wildman–Crippen MR) is 92.1 cm³/mol. The molecule has 0 spiro atoms. The molecule has 0 aliphatic heterocycles. The van der Waals surface area contributed by atoms with Gasteiger partial charge in [-0.1, -0.05) is 5.92 Å². The van der Waals surface area contributed by atoms with E-state index in [0.717, 1.165) is 12.1 Å². The van der Waals surface area contributed by atoms with E-state index in [-0.39, 0.29) is 16.7 Å². The van der Waals surface area contributed by atoms with Crippen molar-refractivity contribution in [3.05, 3.63) is 47.3 Å². The Bertz CT molecular complexity index is 942. The van der Waals surface area contributed by atoms with Crippen LogP contribution < -0.4 is 9.64 Å². The van der Waals surface area contributed by atoms with E-state index in [0.29, 0.717) is 17.3 Å². The highest BCUT2D eigenvalue weighted by Crippen LogP contribution is 2.35. The molecule has 0 aliphatic rings. The van der Waals surface area contributed by atoms with E-state index >= 15 is 0 Å². The highest BCUT2D eigenvalue weighted by atomic mass is 19.4. The summed E-state index contributed by atoms with van der Waals surface area (Å²) in [5, 5.41) is 9.33. The summed E-state index contributed by atoms with van der Waals surface area (Å²) >= 11 is 0. The number of rotatable bonds is 4. The lowest BCUT2D eigenvalue weighted by Crippen LogP contribution is -2.17. The topological polar surface area (TPSA) is 49.8 Å². The smallest absolute Gasteiger partial charge is 0.478 e. The fraction of sp³-hybridized carbons (Fsp3) is 0.211. The normalized spacial score (nSPS) is 10.8. The summed E-state index contributed by atoms with van der Waals surface area (Å²) in [5.74, 6) is -0.234. The van der Waals surface area contributed by atoms with Crippen LogP contribution in [-0.4, -0.2) is 24.5 Å². The molecule has 142 valence electrons. The van der Waals surface area contributed by atoms with Gasteiger partial charge < -0.3 is 14.7 Å². The maximum Gasteiger partial charge on any atom is 0.573 e. The molecule has 0 aliphatic carbocycles. The number of hydrogen-bond donors (Lipinski definition) is 1. The first-order chi connectivity index (χ1) is 12.5. The number of alkyl halides is 3. The zero-order valence-electron chi connectivity index (χ0n) is 14.6. The first-order valence-corrected chi connectivity index (χ1v) is 7.63. The molecule has 4 nitrogen and oxygen atoms in total. The lowest BCUT2D eigenvalue weighted by molar-refractivity contribution is -0.274. The van der Waals surface area contributed by atoms with Crippen LogP contribution in [-0.2, 0) is 0 Å². The molecule has 0 atom stereocenters. The van der Waals surface area contributed by atoms with Gasteiger partial charge in [-0.2, -0.15) is 0 Å². The van der Waals surface area contributed by atoms with E-state index in [9.17, 15) is 27.5 Å². The monoisotopic (exact) mass is 381 g/mol. The summed E-state index contributed by atoms with van der Waals surface area (Å²) in [5.41, 5.74) is 1.03. The maximum atomic E-state index is 14.5. The summed E-state index contributed by atoms with van der Waals surface area (Å²) in [7, 11) is 1.62. The molecule has 0 radical (unpaired) electrons. The second kappa shape index (κ2) is 7.58. The molecule has 0 unspecified atom stereocenters. The van der Waals surface area contributed by atoms with Gasteiger partial charge in [0.2, 0.25) is 0 Å². The van der Waals surface area contributed by atoms with Crippen LogP contribution in [0.25, 0.3) is 11.1 Å². The van der Waals surface area contributed by atoms with E-state index in [4.69, 9.17) is 0 Å². The number of aromatic carboxylic acids is 1. The van der Waals surface area contributed by atoms with E-state index in [1.165, 1.54) is 17.0 Å². The molecule has 0 saturated carbocycles. The van der Waals surface area contributed by atoms with E-state index in [2.05, 4.69) is 16.7 Å². The molecular formula is C19H15F4NO3. The molecule has 8 heteroatoms. The summed E-state index contributed by atoms with van der Waals surface area (Å²) in [6, 6.07) is 8.08. The third-order valence-corrected chi connectivity index (χ3v) is 3.73. The second-order valence-corrected chi connectivity index (χ2v) is 5.58. The maximum absolute atomic E-state index is 14.5. The van der Waals surface area contributed by atoms with Crippen LogP contribution in [0.3, 0.4) is 0 Å². The highest BCUT2D eigenvalue weighted by Gasteiger charge is 2.31. The van der Waals surface area contributed by atoms with Crippen molar-refractivity contribution in [3.63, 3.8) is 0 Å². The van der Waals surface area contributed by atoms with Gasteiger partial charge in [-0.05, 0) is 49.2 Å². The number of halogens is 4. The van der Waals surface area contributed by atoms with Gasteiger partial charge in [-0.3, -0.25) is 0 Å². The van der Waals surface area contributed by atoms with Gasteiger partial charge in [0, 0.05) is 24.7 Å². The van der Waals surface area contributed by atoms with Crippen molar-refractivity contribution in [2.45, 2.75) is 20.2 Å². The van der Waals surface area contributed by atoms with Gasteiger partial charge in [0.15, 0.2) is 0 Å². The Hall–Kier alpha value is -3.21. The standard InChI is InChI=1S/C19H15F4NO3/c1-4-7-24(3)17-9-12(18(25)26)8-15(11(17)2)14-6-5-13(10-16(14)20)27-19(21,22)23/h5-6,8-10H,1-3H3,(H,25,26). The average Bonchev–Trinajstić information content (AvgIpc) is 2.54. The number of ether oxygens (including phenoxy) is 1. The van der Waals surface area contributed by atoms with E-state index in [1.54, 1.807) is 20.9 Å². The van der Waals surface area contributed by atoms with Crippen LogP contribution in [0, 0.1) is 24.7 Å².